The average molecular weight is 198 g/mol. The summed E-state index contributed by atoms with van der Waals surface area (Å²) in [7, 11) is 0. The zero-order valence-electron chi connectivity index (χ0n) is 8.99. The molecule has 0 radical (unpaired) electrons. The lowest BCUT2D eigenvalue weighted by Crippen LogP contribution is -2.40. The molecule has 1 unspecified atom stereocenters. The Labute approximate surface area is 84.7 Å². The lowest BCUT2D eigenvalue weighted by Gasteiger charge is -2.29. The minimum absolute atomic E-state index is 0.486. The van der Waals surface area contributed by atoms with E-state index in [1.807, 2.05) is 32.9 Å². The highest BCUT2D eigenvalue weighted by atomic mass is 16.5. The van der Waals surface area contributed by atoms with E-state index in [-0.39, 0.29) is 0 Å². The van der Waals surface area contributed by atoms with Crippen LogP contribution in [0, 0.1) is 0 Å². The first-order chi connectivity index (χ1) is 6.56. The van der Waals surface area contributed by atoms with Crippen molar-refractivity contribution in [2.24, 2.45) is 0 Å². The van der Waals surface area contributed by atoms with Gasteiger partial charge in [-0.3, -0.25) is 0 Å². The largest absolute Gasteiger partial charge is 0.469 e. The molecule has 3 nitrogen and oxygen atoms in total. The molecule has 1 rings (SSSR count). The maximum atomic E-state index is 9.89. The summed E-state index contributed by atoms with van der Waals surface area (Å²) in [6.45, 7) is 6.28. The van der Waals surface area contributed by atoms with Crippen molar-refractivity contribution in [2.45, 2.75) is 38.9 Å². The fourth-order valence-corrected chi connectivity index (χ4v) is 1.33. The summed E-state index contributed by atoms with van der Waals surface area (Å²) < 4.78 is 10.6. The molecule has 0 fully saturated rings. The van der Waals surface area contributed by atoms with Crippen LogP contribution >= 0.6 is 0 Å². The lowest BCUT2D eigenvalue weighted by atomic mass is 9.97. The third-order valence-corrected chi connectivity index (χ3v) is 2.29. The van der Waals surface area contributed by atoms with Crippen molar-refractivity contribution in [3.8, 4) is 0 Å². The van der Waals surface area contributed by atoms with Crippen LogP contribution in [-0.2, 0) is 11.2 Å². The first-order valence-electron chi connectivity index (χ1n) is 4.90. The van der Waals surface area contributed by atoms with E-state index in [1.165, 1.54) is 0 Å². The van der Waals surface area contributed by atoms with Gasteiger partial charge in [0.05, 0.1) is 18.0 Å². The van der Waals surface area contributed by atoms with Crippen molar-refractivity contribution >= 4 is 0 Å². The van der Waals surface area contributed by atoms with E-state index in [0.717, 1.165) is 5.76 Å². The quantitative estimate of drug-likeness (QED) is 0.786. The number of hydrogen-bond acceptors (Lipinski definition) is 3. The lowest BCUT2D eigenvalue weighted by molar-refractivity contribution is -0.0968. The van der Waals surface area contributed by atoms with Gasteiger partial charge in [-0.05, 0) is 32.9 Å². The third-order valence-electron chi connectivity index (χ3n) is 2.29. The molecule has 0 aliphatic rings. The molecule has 1 heterocycles. The van der Waals surface area contributed by atoms with E-state index < -0.39 is 11.7 Å². The van der Waals surface area contributed by atoms with Gasteiger partial charge < -0.3 is 14.3 Å². The Morgan fingerprint density at radius 2 is 2.29 bits per heavy atom. The van der Waals surface area contributed by atoms with Gasteiger partial charge in [-0.2, -0.15) is 0 Å². The topological polar surface area (TPSA) is 42.6 Å². The zero-order valence-corrected chi connectivity index (χ0v) is 8.99. The summed E-state index contributed by atoms with van der Waals surface area (Å²) in [5.41, 5.74) is -0.526. The summed E-state index contributed by atoms with van der Waals surface area (Å²) in [5.74, 6) is 0.783. The summed E-state index contributed by atoms with van der Waals surface area (Å²) in [5, 5.41) is 9.89. The maximum Gasteiger partial charge on any atom is 0.106 e. The predicted molar refractivity (Wildman–Crippen MR) is 54.1 cm³/mol. The van der Waals surface area contributed by atoms with Crippen LogP contribution < -0.4 is 0 Å². The second-order valence-electron chi connectivity index (χ2n) is 3.84. The van der Waals surface area contributed by atoms with Crippen LogP contribution in [0.3, 0.4) is 0 Å². The summed E-state index contributed by atoms with van der Waals surface area (Å²) in [6, 6.07) is 3.67. The van der Waals surface area contributed by atoms with Gasteiger partial charge >= 0.3 is 0 Å². The number of ether oxygens (including phenoxy) is 1. The normalized spacial score (nSPS) is 14.3. The first-order valence-corrected chi connectivity index (χ1v) is 4.90. The Hall–Kier alpha value is -0.800. The van der Waals surface area contributed by atoms with E-state index in [1.54, 1.807) is 6.26 Å². The number of furan rings is 1. The number of hydrogen-bond donors (Lipinski definition) is 1. The van der Waals surface area contributed by atoms with Crippen LogP contribution in [0.5, 0.6) is 0 Å². The Balaban J connectivity index is 2.52. The van der Waals surface area contributed by atoms with E-state index in [4.69, 9.17) is 9.15 Å². The van der Waals surface area contributed by atoms with Gasteiger partial charge in [0.15, 0.2) is 0 Å². The van der Waals surface area contributed by atoms with Crippen molar-refractivity contribution in [3.63, 3.8) is 0 Å². The fraction of sp³-hybridized carbons (Fsp3) is 0.636. The van der Waals surface area contributed by atoms with E-state index in [2.05, 4.69) is 0 Å². The second kappa shape index (κ2) is 4.62. The number of rotatable bonds is 5. The molecule has 0 saturated carbocycles. The van der Waals surface area contributed by atoms with Gasteiger partial charge in [-0.25, -0.2) is 0 Å². The van der Waals surface area contributed by atoms with Crippen LogP contribution in [0.2, 0.25) is 0 Å². The van der Waals surface area contributed by atoms with Gasteiger partial charge in [0.2, 0.25) is 0 Å². The minimum Gasteiger partial charge on any atom is -0.469 e. The smallest absolute Gasteiger partial charge is 0.106 e. The molecule has 3 heteroatoms. The number of aliphatic hydroxyl groups excluding tert-OH is 1. The predicted octanol–water partition coefficient (Wildman–Crippen LogP) is 2.00. The highest BCUT2D eigenvalue weighted by Gasteiger charge is 2.28. The first kappa shape index (κ1) is 11.3. The van der Waals surface area contributed by atoms with Crippen molar-refractivity contribution in [1.29, 1.82) is 0 Å². The summed E-state index contributed by atoms with van der Waals surface area (Å²) in [4.78, 5) is 0. The molecular weight excluding hydrogens is 180 g/mol. The summed E-state index contributed by atoms with van der Waals surface area (Å²) >= 11 is 0. The van der Waals surface area contributed by atoms with Gasteiger partial charge in [0.1, 0.15) is 5.76 Å². The van der Waals surface area contributed by atoms with Crippen LogP contribution in [0.1, 0.15) is 26.5 Å². The van der Waals surface area contributed by atoms with Crippen LogP contribution in [0.25, 0.3) is 0 Å². The van der Waals surface area contributed by atoms with Gasteiger partial charge in [-0.15, -0.1) is 0 Å². The molecule has 14 heavy (non-hydrogen) atoms. The second-order valence-corrected chi connectivity index (χ2v) is 3.84. The zero-order chi connectivity index (χ0) is 10.6. The van der Waals surface area contributed by atoms with Crippen molar-refractivity contribution in [2.75, 3.05) is 6.61 Å². The summed E-state index contributed by atoms with van der Waals surface area (Å²) in [6.07, 6.45) is 1.55. The highest BCUT2D eigenvalue weighted by Crippen LogP contribution is 2.18. The third kappa shape index (κ3) is 2.86. The van der Waals surface area contributed by atoms with Gasteiger partial charge in [0, 0.05) is 13.0 Å². The minimum atomic E-state index is -0.548. The molecule has 1 aromatic heterocycles. The molecule has 1 atom stereocenters. The standard InChI is InChI=1S/C11H18O3/c1-4-14-11(2,3)10(12)8-9-6-5-7-13-9/h5-7,10,12H,4,8H2,1-3H3. The van der Waals surface area contributed by atoms with E-state index >= 15 is 0 Å². The van der Waals surface area contributed by atoms with Crippen molar-refractivity contribution < 1.29 is 14.3 Å². The molecule has 80 valence electrons. The Bertz CT molecular complexity index is 252. The van der Waals surface area contributed by atoms with Crippen LogP contribution in [0.4, 0.5) is 0 Å². The molecule has 0 amide bonds. The van der Waals surface area contributed by atoms with Crippen LogP contribution in [0.15, 0.2) is 22.8 Å². The molecule has 1 N–H and O–H groups in total. The molecule has 0 aliphatic heterocycles. The monoisotopic (exact) mass is 198 g/mol. The molecular formula is C11H18O3. The molecule has 0 saturated heterocycles. The highest BCUT2D eigenvalue weighted by molar-refractivity contribution is 5.01. The van der Waals surface area contributed by atoms with Crippen LogP contribution in [-0.4, -0.2) is 23.4 Å². The van der Waals surface area contributed by atoms with Crippen molar-refractivity contribution in [3.05, 3.63) is 24.2 Å². The molecule has 0 spiro atoms. The molecule has 0 aliphatic carbocycles. The maximum absolute atomic E-state index is 9.89. The van der Waals surface area contributed by atoms with Gasteiger partial charge in [-0.1, -0.05) is 0 Å². The Morgan fingerprint density at radius 1 is 1.57 bits per heavy atom. The Kier molecular flexibility index (Phi) is 3.72. The van der Waals surface area contributed by atoms with Crippen molar-refractivity contribution in [1.82, 2.24) is 0 Å². The van der Waals surface area contributed by atoms with E-state index in [0.29, 0.717) is 13.0 Å². The average Bonchev–Trinajstić information content (AvgIpc) is 2.56. The van der Waals surface area contributed by atoms with E-state index in [9.17, 15) is 5.11 Å². The molecule has 1 aromatic rings. The number of aliphatic hydroxyl groups is 1. The Morgan fingerprint density at radius 3 is 2.79 bits per heavy atom. The fourth-order valence-electron chi connectivity index (χ4n) is 1.33. The molecule has 0 aromatic carbocycles. The van der Waals surface area contributed by atoms with Gasteiger partial charge in [0.25, 0.3) is 0 Å². The SMILES string of the molecule is CCOC(C)(C)C(O)Cc1ccco1. The molecule has 0 bridgehead atoms.